The Morgan fingerprint density at radius 3 is 2.83 bits per heavy atom. The third-order valence-electron chi connectivity index (χ3n) is 3.63. The number of nitrogens with zero attached hydrogens (tertiary/aromatic N) is 1. The van der Waals surface area contributed by atoms with Crippen molar-refractivity contribution in [2.75, 3.05) is 26.2 Å². The molecular formula is C14H20FNO2. The van der Waals surface area contributed by atoms with Crippen LogP contribution in [0.4, 0.5) is 4.39 Å². The van der Waals surface area contributed by atoms with Crippen molar-refractivity contribution in [3.8, 4) is 0 Å². The molecule has 0 amide bonds. The minimum Gasteiger partial charge on any atom is -0.395 e. The number of β-amino-alcohol motifs (C(OH)–C–C–N with tert-alkyl or cyclic N) is 1. The maximum atomic E-state index is 13.6. The Morgan fingerprint density at radius 2 is 2.11 bits per heavy atom. The normalized spacial score (nSPS) is 25.3. The Balaban J connectivity index is 2.00. The van der Waals surface area contributed by atoms with Crippen LogP contribution in [0.15, 0.2) is 24.3 Å². The topological polar surface area (TPSA) is 43.7 Å². The second kappa shape index (κ2) is 6.27. The molecule has 0 aliphatic carbocycles. The first-order chi connectivity index (χ1) is 8.70. The van der Waals surface area contributed by atoms with Gasteiger partial charge < -0.3 is 15.1 Å². The minimum absolute atomic E-state index is 0.0437. The molecule has 1 aliphatic heterocycles. The van der Waals surface area contributed by atoms with Crippen molar-refractivity contribution >= 4 is 0 Å². The molecule has 4 heteroatoms. The lowest BCUT2D eigenvalue weighted by Gasteiger charge is -2.36. The minimum atomic E-state index is -0.375. The molecule has 0 radical (unpaired) electrons. The van der Waals surface area contributed by atoms with E-state index in [9.17, 15) is 9.50 Å². The number of benzene rings is 1. The molecule has 2 atom stereocenters. The summed E-state index contributed by atoms with van der Waals surface area (Å²) in [6.45, 7) is 2.27. The first-order valence-corrected chi connectivity index (χ1v) is 6.45. The first-order valence-electron chi connectivity index (χ1n) is 6.45. The fraction of sp³-hybridized carbons (Fsp3) is 0.571. The average molecular weight is 253 g/mol. The van der Waals surface area contributed by atoms with Crippen LogP contribution in [0.3, 0.4) is 0 Å². The molecule has 1 heterocycles. The van der Waals surface area contributed by atoms with Gasteiger partial charge in [-0.25, -0.2) is 4.39 Å². The zero-order valence-electron chi connectivity index (χ0n) is 10.4. The smallest absolute Gasteiger partial charge is 0.126 e. The van der Waals surface area contributed by atoms with Crippen LogP contribution in [0.5, 0.6) is 0 Å². The van der Waals surface area contributed by atoms with E-state index in [4.69, 9.17) is 5.11 Å². The number of piperidine rings is 1. The number of halogens is 1. The van der Waals surface area contributed by atoms with Gasteiger partial charge in [0.25, 0.3) is 0 Å². The van der Waals surface area contributed by atoms with Gasteiger partial charge in [-0.1, -0.05) is 18.2 Å². The molecule has 1 saturated heterocycles. The molecule has 0 spiro atoms. The van der Waals surface area contributed by atoms with Crippen molar-refractivity contribution in [1.82, 2.24) is 4.90 Å². The quantitative estimate of drug-likeness (QED) is 0.843. The lowest BCUT2D eigenvalue weighted by atomic mass is 9.88. The number of hydrogen-bond donors (Lipinski definition) is 2. The Kier molecular flexibility index (Phi) is 4.69. The van der Waals surface area contributed by atoms with Gasteiger partial charge >= 0.3 is 0 Å². The fourth-order valence-corrected chi connectivity index (χ4v) is 2.59. The predicted molar refractivity (Wildman–Crippen MR) is 67.7 cm³/mol. The zero-order valence-corrected chi connectivity index (χ0v) is 10.4. The van der Waals surface area contributed by atoms with Crippen molar-refractivity contribution in [3.63, 3.8) is 0 Å². The fourth-order valence-electron chi connectivity index (χ4n) is 2.59. The molecule has 100 valence electrons. The van der Waals surface area contributed by atoms with Gasteiger partial charge in [-0.05, 0) is 24.5 Å². The molecule has 1 aromatic carbocycles. The van der Waals surface area contributed by atoms with E-state index in [2.05, 4.69) is 4.90 Å². The van der Waals surface area contributed by atoms with Gasteiger partial charge in [0.2, 0.25) is 0 Å². The van der Waals surface area contributed by atoms with Gasteiger partial charge in [0.05, 0.1) is 12.7 Å². The van der Waals surface area contributed by atoms with Crippen LogP contribution < -0.4 is 0 Å². The Morgan fingerprint density at radius 1 is 1.33 bits per heavy atom. The van der Waals surface area contributed by atoms with Crippen LogP contribution >= 0.6 is 0 Å². The van der Waals surface area contributed by atoms with Gasteiger partial charge in [0.15, 0.2) is 0 Å². The number of hydrogen-bond acceptors (Lipinski definition) is 3. The lowest BCUT2D eigenvalue weighted by Crippen LogP contribution is -2.45. The van der Waals surface area contributed by atoms with Crippen LogP contribution in [0.1, 0.15) is 12.0 Å². The largest absolute Gasteiger partial charge is 0.395 e. The molecule has 1 aliphatic rings. The molecule has 0 bridgehead atoms. The van der Waals surface area contributed by atoms with Crippen molar-refractivity contribution in [2.24, 2.45) is 5.92 Å². The molecule has 2 rings (SSSR count). The van der Waals surface area contributed by atoms with Crippen LogP contribution in [-0.4, -0.2) is 47.5 Å². The molecule has 1 aromatic rings. The highest BCUT2D eigenvalue weighted by molar-refractivity contribution is 5.18. The van der Waals surface area contributed by atoms with Crippen molar-refractivity contribution in [3.05, 3.63) is 35.6 Å². The second-order valence-corrected chi connectivity index (χ2v) is 4.94. The maximum Gasteiger partial charge on any atom is 0.126 e. The first kappa shape index (κ1) is 13.5. The van der Waals surface area contributed by atoms with Gasteiger partial charge in [-0.2, -0.15) is 0 Å². The van der Waals surface area contributed by atoms with Gasteiger partial charge in [0, 0.05) is 25.6 Å². The van der Waals surface area contributed by atoms with Gasteiger partial charge in [0.1, 0.15) is 5.82 Å². The summed E-state index contributed by atoms with van der Waals surface area (Å²) >= 11 is 0. The summed E-state index contributed by atoms with van der Waals surface area (Å²) in [6, 6.07) is 6.72. The number of rotatable bonds is 4. The SMILES string of the molecule is OCCN1CC[C@H](O)[C@H](Cc2ccccc2F)C1. The Hall–Kier alpha value is -0.970. The van der Waals surface area contributed by atoms with Crippen LogP contribution in [0, 0.1) is 11.7 Å². The van der Waals surface area contributed by atoms with E-state index in [1.54, 1.807) is 12.1 Å². The van der Waals surface area contributed by atoms with Gasteiger partial charge in [-0.15, -0.1) is 0 Å². The highest BCUT2D eigenvalue weighted by Crippen LogP contribution is 2.22. The predicted octanol–water partition coefficient (Wildman–Crippen LogP) is 1.04. The second-order valence-electron chi connectivity index (χ2n) is 4.94. The van der Waals surface area contributed by atoms with Crippen LogP contribution in [0.25, 0.3) is 0 Å². The summed E-state index contributed by atoms with van der Waals surface area (Å²) < 4.78 is 13.6. The summed E-state index contributed by atoms with van der Waals surface area (Å²) in [5.74, 6) is -0.161. The summed E-state index contributed by atoms with van der Waals surface area (Å²) in [7, 11) is 0. The van der Waals surface area contributed by atoms with Crippen molar-refractivity contribution in [1.29, 1.82) is 0 Å². The van der Waals surface area contributed by atoms with Gasteiger partial charge in [-0.3, -0.25) is 0 Å². The molecule has 0 unspecified atom stereocenters. The Labute approximate surface area is 107 Å². The molecule has 0 saturated carbocycles. The van der Waals surface area contributed by atoms with Crippen LogP contribution in [0.2, 0.25) is 0 Å². The molecular weight excluding hydrogens is 233 g/mol. The molecule has 18 heavy (non-hydrogen) atoms. The van der Waals surface area contributed by atoms with Crippen LogP contribution in [-0.2, 0) is 6.42 Å². The van der Waals surface area contributed by atoms with Crippen molar-refractivity contribution in [2.45, 2.75) is 18.9 Å². The maximum absolute atomic E-state index is 13.6. The van der Waals surface area contributed by atoms with E-state index < -0.39 is 0 Å². The summed E-state index contributed by atoms with van der Waals surface area (Å²) in [4.78, 5) is 2.12. The molecule has 3 nitrogen and oxygen atoms in total. The van der Waals surface area contributed by atoms with Crippen molar-refractivity contribution < 1.29 is 14.6 Å². The summed E-state index contributed by atoms with van der Waals surface area (Å²) in [5.41, 5.74) is 0.660. The molecule has 2 N–H and O–H groups in total. The molecule has 0 aromatic heterocycles. The van der Waals surface area contributed by atoms with E-state index in [1.165, 1.54) is 6.07 Å². The number of aliphatic hydroxyl groups is 2. The number of aliphatic hydroxyl groups excluding tert-OH is 2. The van der Waals surface area contributed by atoms with E-state index in [1.807, 2.05) is 6.07 Å². The average Bonchev–Trinajstić information content (AvgIpc) is 2.36. The summed E-state index contributed by atoms with van der Waals surface area (Å²) in [5, 5.41) is 18.9. The van der Waals surface area contributed by atoms with E-state index in [0.29, 0.717) is 24.9 Å². The Bertz CT molecular complexity index is 386. The zero-order chi connectivity index (χ0) is 13.0. The monoisotopic (exact) mass is 253 g/mol. The number of likely N-dealkylation sites (tertiary alicyclic amines) is 1. The van der Waals surface area contributed by atoms with E-state index in [0.717, 1.165) is 13.1 Å². The summed E-state index contributed by atoms with van der Waals surface area (Å²) in [6.07, 6.45) is 0.870. The third-order valence-corrected chi connectivity index (χ3v) is 3.63. The standard InChI is InChI=1S/C14H20FNO2/c15-13-4-2-1-3-11(13)9-12-10-16(7-8-17)6-5-14(12)18/h1-4,12,14,17-18H,5-10H2/t12-,14+/m1/s1. The van der Waals surface area contributed by atoms with E-state index in [-0.39, 0.29) is 24.4 Å². The highest BCUT2D eigenvalue weighted by Gasteiger charge is 2.28. The van der Waals surface area contributed by atoms with E-state index >= 15 is 0 Å². The highest BCUT2D eigenvalue weighted by atomic mass is 19.1. The lowest BCUT2D eigenvalue weighted by molar-refractivity contribution is 0.0210. The molecule has 1 fully saturated rings. The third kappa shape index (κ3) is 3.28.